The molecule has 0 aliphatic heterocycles. The van der Waals surface area contributed by atoms with Crippen LogP contribution < -0.4 is 0 Å². The minimum atomic E-state index is -0.390. The highest BCUT2D eigenvalue weighted by atomic mass is 79.9. The molecule has 0 aromatic heterocycles. The second-order valence-electron chi connectivity index (χ2n) is 4.87. The molecule has 0 bridgehead atoms. The number of hydrogen-bond acceptors (Lipinski definition) is 1. The third kappa shape index (κ3) is 3.23. The Kier molecular flexibility index (Phi) is 5.22. The highest BCUT2D eigenvalue weighted by molar-refractivity contribution is 9.09. The second-order valence-corrected chi connectivity index (χ2v) is 6.00. The molecule has 2 aromatic carbocycles. The molecule has 0 unspecified atom stereocenters. The zero-order chi connectivity index (χ0) is 14.6. The van der Waals surface area contributed by atoms with Crippen LogP contribution in [0.2, 0.25) is 0 Å². The van der Waals surface area contributed by atoms with Crippen molar-refractivity contribution >= 4 is 31.9 Å². The summed E-state index contributed by atoms with van der Waals surface area (Å²) in [5.41, 5.74) is 1.27. The summed E-state index contributed by atoms with van der Waals surface area (Å²) in [5.74, 6) is 0.0284. The first-order valence-corrected chi connectivity index (χ1v) is 8.50. The van der Waals surface area contributed by atoms with Gasteiger partial charge in [-0.15, -0.1) is 0 Å². The second kappa shape index (κ2) is 6.72. The zero-order valence-electron chi connectivity index (χ0n) is 10.8. The predicted molar refractivity (Wildman–Crippen MR) is 87.5 cm³/mol. The van der Waals surface area contributed by atoms with Gasteiger partial charge in [0.05, 0.1) is 0 Å². The van der Waals surface area contributed by atoms with Gasteiger partial charge in [0.25, 0.3) is 0 Å². The molecule has 0 fully saturated rings. The van der Waals surface area contributed by atoms with E-state index in [1.54, 1.807) is 24.3 Å². The summed E-state index contributed by atoms with van der Waals surface area (Å²) in [4.78, 5) is 0. The lowest BCUT2D eigenvalue weighted by Crippen LogP contribution is -2.34. The van der Waals surface area contributed by atoms with Crippen molar-refractivity contribution in [2.75, 3.05) is 10.7 Å². The maximum atomic E-state index is 14.1. The Hall–Kier alpha value is -0.870. The van der Waals surface area contributed by atoms with E-state index in [1.807, 2.05) is 18.2 Å². The minimum Gasteiger partial charge on any atom is -0.508 e. The summed E-state index contributed by atoms with van der Waals surface area (Å²) < 4.78 is 14.1. The summed E-state index contributed by atoms with van der Waals surface area (Å²) in [6.45, 7) is 0. The molecule has 20 heavy (non-hydrogen) atoms. The lowest BCUT2D eigenvalue weighted by Gasteiger charge is -2.31. The Bertz CT molecular complexity index is 582. The summed E-state index contributed by atoms with van der Waals surface area (Å²) in [7, 11) is 0. The Morgan fingerprint density at radius 1 is 1.00 bits per heavy atom. The van der Waals surface area contributed by atoms with Gasteiger partial charge in [0, 0.05) is 16.1 Å². The van der Waals surface area contributed by atoms with Crippen LogP contribution in [-0.4, -0.2) is 15.8 Å². The average Bonchev–Trinajstić information content (AvgIpc) is 2.46. The largest absolute Gasteiger partial charge is 0.508 e. The fourth-order valence-corrected chi connectivity index (χ4v) is 4.25. The van der Waals surface area contributed by atoms with Crippen molar-refractivity contribution in [3.63, 3.8) is 0 Å². The number of phenolic OH excluding ortho intramolecular Hbond substituents is 1. The molecule has 4 heteroatoms. The molecule has 106 valence electrons. The van der Waals surface area contributed by atoms with Gasteiger partial charge in [0.2, 0.25) is 0 Å². The first-order valence-electron chi connectivity index (χ1n) is 6.26. The molecule has 0 atom stereocenters. The van der Waals surface area contributed by atoms with Crippen molar-refractivity contribution in [1.82, 2.24) is 0 Å². The first-order chi connectivity index (χ1) is 9.61. The third-order valence-electron chi connectivity index (χ3n) is 3.41. The van der Waals surface area contributed by atoms with Gasteiger partial charge < -0.3 is 5.11 Å². The molecule has 0 amide bonds. The number of benzene rings is 2. The smallest absolute Gasteiger partial charge is 0.127 e. The van der Waals surface area contributed by atoms with Crippen molar-refractivity contribution in [2.45, 2.75) is 11.8 Å². The molecule has 0 radical (unpaired) electrons. The molecular formula is C16H15Br2FO. The normalized spacial score (nSPS) is 11.6. The quantitative estimate of drug-likeness (QED) is 0.713. The van der Waals surface area contributed by atoms with Crippen LogP contribution in [-0.2, 0) is 11.8 Å². The van der Waals surface area contributed by atoms with E-state index in [4.69, 9.17) is 0 Å². The predicted octanol–water partition coefficient (Wildman–Crippen LogP) is 4.80. The SMILES string of the molecule is Oc1cccc(CC(CBr)(CBr)c2ccccc2F)c1. The van der Waals surface area contributed by atoms with E-state index in [9.17, 15) is 9.50 Å². The summed E-state index contributed by atoms with van der Waals surface area (Å²) in [6, 6.07) is 14.0. The molecule has 2 aromatic rings. The van der Waals surface area contributed by atoms with E-state index in [2.05, 4.69) is 31.9 Å². The number of rotatable bonds is 5. The Balaban J connectivity index is 2.42. The maximum Gasteiger partial charge on any atom is 0.127 e. The standard InChI is InChI=1S/C16H15Br2FO/c17-10-16(11-18,14-6-1-2-7-15(14)19)9-12-4-3-5-13(20)8-12/h1-8,20H,9-11H2. The van der Waals surface area contributed by atoms with E-state index in [0.717, 1.165) is 5.56 Å². The molecule has 0 spiro atoms. The van der Waals surface area contributed by atoms with Crippen LogP contribution in [0.4, 0.5) is 4.39 Å². The zero-order valence-corrected chi connectivity index (χ0v) is 14.0. The molecule has 1 N–H and O–H groups in total. The fourth-order valence-electron chi connectivity index (χ4n) is 2.32. The number of aromatic hydroxyl groups is 1. The molecule has 2 rings (SSSR count). The number of phenols is 1. The topological polar surface area (TPSA) is 20.2 Å². The van der Waals surface area contributed by atoms with Gasteiger partial charge in [-0.25, -0.2) is 4.39 Å². The maximum absolute atomic E-state index is 14.1. The van der Waals surface area contributed by atoms with Crippen molar-refractivity contribution in [1.29, 1.82) is 0 Å². The van der Waals surface area contributed by atoms with E-state index in [0.29, 0.717) is 22.6 Å². The van der Waals surface area contributed by atoms with Crippen LogP contribution in [0.5, 0.6) is 5.75 Å². The van der Waals surface area contributed by atoms with Gasteiger partial charge in [-0.2, -0.15) is 0 Å². The molecule has 0 heterocycles. The number of hydrogen-bond donors (Lipinski definition) is 1. The highest BCUT2D eigenvalue weighted by Gasteiger charge is 2.33. The van der Waals surface area contributed by atoms with E-state index in [1.165, 1.54) is 6.07 Å². The van der Waals surface area contributed by atoms with Crippen molar-refractivity contribution in [3.05, 3.63) is 65.5 Å². The van der Waals surface area contributed by atoms with E-state index < -0.39 is 0 Å². The molecule has 1 nitrogen and oxygen atoms in total. The van der Waals surface area contributed by atoms with Crippen molar-refractivity contribution in [3.8, 4) is 5.75 Å². The van der Waals surface area contributed by atoms with Gasteiger partial charge in [-0.1, -0.05) is 62.2 Å². The van der Waals surface area contributed by atoms with Crippen molar-refractivity contribution in [2.24, 2.45) is 0 Å². The molecular weight excluding hydrogens is 387 g/mol. The van der Waals surface area contributed by atoms with Gasteiger partial charge >= 0.3 is 0 Å². The summed E-state index contributed by atoms with van der Waals surface area (Å²) in [6.07, 6.45) is 0.638. The van der Waals surface area contributed by atoms with Gasteiger partial charge in [-0.3, -0.25) is 0 Å². The highest BCUT2D eigenvalue weighted by Crippen LogP contribution is 2.34. The first kappa shape index (κ1) is 15.5. The number of halogens is 3. The molecule has 0 aliphatic rings. The summed E-state index contributed by atoms with van der Waals surface area (Å²) in [5, 5.41) is 10.8. The third-order valence-corrected chi connectivity index (χ3v) is 5.56. The Morgan fingerprint density at radius 3 is 2.30 bits per heavy atom. The van der Waals surface area contributed by atoms with Gasteiger partial charge in [-0.05, 0) is 35.7 Å². The van der Waals surface area contributed by atoms with E-state index in [-0.39, 0.29) is 17.0 Å². The van der Waals surface area contributed by atoms with Gasteiger partial charge in [0.1, 0.15) is 11.6 Å². The Labute approximate surface area is 135 Å². The monoisotopic (exact) mass is 400 g/mol. The van der Waals surface area contributed by atoms with Crippen molar-refractivity contribution < 1.29 is 9.50 Å². The Morgan fingerprint density at radius 2 is 1.70 bits per heavy atom. The molecule has 0 saturated heterocycles. The van der Waals surface area contributed by atoms with Crippen LogP contribution >= 0.6 is 31.9 Å². The lowest BCUT2D eigenvalue weighted by molar-refractivity contribution is 0.471. The molecule has 0 aliphatic carbocycles. The fraction of sp³-hybridized carbons (Fsp3) is 0.250. The van der Waals surface area contributed by atoms with Crippen LogP contribution in [0, 0.1) is 5.82 Å². The van der Waals surface area contributed by atoms with E-state index >= 15 is 0 Å². The van der Waals surface area contributed by atoms with Crippen LogP contribution in [0.15, 0.2) is 48.5 Å². The van der Waals surface area contributed by atoms with Crippen LogP contribution in [0.3, 0.4) is 0 Å². The van der Waals surface area contributed by atoms with Crippen LogP contribution in [0.25, 0.3) is 0 Å². The lowest BCUT2D eigenvalue weighted by atomic mass is 9.79. The summed E-state index contributed by atoms with van der Waals surface area (Å²) >= 11 is 7.04. The van der Waals surface area contributed by atoms with Gasteiger partial charge in [0.15, 0.2) is 0 Å². The van der Waals surface area contributed by atoms with Crippen LogP contribution in [0.1, 0.15) is 11.1 Å². The minimum absolute atomic E-state index is 0.202. The number of alkyl halides is 2. The average molecular weight is 402 g/mol. The molecule has 0 saturated carbocycles.